The summed E-state index contributed by atoms with van der Waals surface area (Å²) in [5.74, 6) is 2.60. The zero-order valence-corrected chi connectivity index (χ0v) is 16.3. The third-order valence-corrected chi connectivity index (χ3v) is 4.25. The summed E-state index contributed by atoms with van der Waals surface area (Å²) in [5, 5.41) is 15.7. The van der Waals surface area contributed by atoms with Gasteiger partial charge in [0.2, 0.25) is 5.95 Å². The SMILES string of the molecule is Cc1cc(Nc2ccccc2C#N)nc(Nc2ccc(Oc3ccccc3)cc2)n1. The molecule has 0 radical (unpaired) electrons. The summed E-state index contributed by atoms with van der Waals surface area (Å²) >= 11 is 0. The predicted molar refractivity (Wildman–Crippen MR) is 117 cm³/mol. The number of aryl methyl sites for hydroxylation is 1. The van der Waals surface area contributed by atoms with Gasteiger partial charge in [0.05, 0.1) is 11.3 Å². The third-order valence-electron chi connectivity index (χ3n) is 4.25. The van der Waals surface area contributed by atoms with Gasteiger partial charge in [-0.05, 0) is 55.5 Å². The van der Waals surface area contributed by atoms with Crippen molar-refractivity contribution in [1.29, 1.82) is 5.26 Å². The van der Waals surface area contributed by atoms with Crippen molar-refractivity contribution >= 4 is 23.1 Å². The first-order chi connectivity index (χ1) is 14.7. The molecule has 0 atom stereocenters. The molecule has 1 aromatic heterocycles. The van der Waals surface area contributed by atoms with Crippen LogP contribution >= 0.6 is 0 Å². The van der Waals surface area contributed by atoms with Gasteiger partial charge in [-0.2, -0.15) is 10.2 Å². The average molecular weight is 393 g/mol. The van der Waals surface area contributed by atoms with Crippen LogP contribution in [0.25, 0.3) is 0 Å². The summed E-state index contributed by atoms with van der Waals surface area (Å²) in [6.45, 7) is 1.89. The fourth-order valence-electron chi connectivity index (χ4n) is 2.88. The molecule has 1 heterocycles. The van der Waals surface area contributed by atoms with Crippen molar-refractivity contribution in [1.82, 2.24) is 9.97 Å². The largest absolute Gasteiger partial charge is 0.457 e. The highest BCUT2D eigenvalue weighted by Crippen LogP contribution is 2.25. The van der Waals surface area contributed by atoms with E-state index in [1.165, 1.54) is 0 Å². The smallest absolute Gasteiger partial charge is 0.229 e. The Labute approximate surface area is 174 Å². The summed E-state index contributed by atoms with van der Waals surface area (Å²) < 4.78 is 5.81. The van der Waals surface area contributed by atoms with Crippen LogP contribution in [0.5, 0.6) is 11.5 Å². The monoisotopic (exact) mass is 393 g/mol. The Bertz CT molecular complexity index is 1180. The van der Waals surface area contributed by atoms with Gasteiger partial charge >= 0.3 is 0 Å². The zero-order valence-electron chi connectivity index (χ0n) is 16.3. The van der Waals surface area contributed by atoms with Crippen LogP contribution in [0.2, 0.25) is 0 Å². The molecular weight excluding hydrogens is 374 g/mol. The maximum atomic E-state index is 9.27. The van der Waals surface area contributed by atoms with Crippen molar-refractivity contribution in [2.75, 3.05) is 10.6 Å². The Morgan fingerprint density at radius 1 is 0.800 bits per heavy atom. The van der Waals surface area contributed by atoms with Gasteiger partial charge in [0.15, 0.2) is 0 Å². The second kappa shape index (κ2) is 8.76. The van der Waals surface area contributed by atoms with E-state index in [9.17, 15) is 5.26 Å². The fraction of sp³-hybridized carbons (Fsp3) is 0.0417. The lowest BCUT2D eigenvalue weighted by Gasteiger charge is -2.11. The maximum Gasteiger partial charge on any atom is 0.229 e. The van der Waals surface area contributed by atoms with E-state index >= 15 is 0 Å². The second-order valence-electron chi connectivity index (χ2n) is 6.57. The number of hydrogen-bond donors (Lipinski definition) is 2. The van der Waals surface area contributed by atoms with E-state index in [2.05, 4.69) is 26.7 Å². The zero-order chi connectivity index (χ0) is 20.8. The molecule has 0 aliphatic heterocycles. The highest BCUT2D eigenvalue weighted by molar-refractivity contribution is 5.65. The molecule has 6 heteroatoms. The lowest BCUT2D eigenvalue weighted by molar-refractivity contribution is 0.483. The fourth-order valence-corrected chi connectivity index (χ4v) is 2.88. The molecule has 4 rings (SSSR count). The van der Waals surface area contributed by atoms with Crippen LogP contribution in [0.4, 0.5) is 23.1 Å². The van der Waals surface area contributed by atoms with Crippen molar-refractivity contribution in [2.45, 2.75) is 6.92 Å². The molecule has 4 aromatic rings. The van der Waals surface area contributed by atoms with Crippen molar-refractivity contribution in [3.05, 3.63) is 96.2 Å². The van der Waals surface area contributed by atoms with Crippen molar-refractivity contribution in [3.8, 4) is 17.6 Å². The van der Waals surface area contributed by atoms with Gasteiger partial charge in [-0.15, -0.1) is 0 Å². The van der Waals surface area contributed by atoms with E-state index in [1.807, 2.05) is 85.8 Å². The molecular formula is C24H19N5O. The third kappa shape index (κ3) is 4.72. The number of aromatic nitrogens is 2. The summed E-state index contributed by atoms with van der Waals surface area (Å²) in [6, 6.07) is 28.5. The van der Waals surface area contributed by atoms with Gasteiger partial charge < -0.3 is 15.4 Å². The van der Waals surface area contributed by atoms with E-state index in [-0.39, 0.29) is 0 Å². The quantitative estimate of drug-likeness (QED) is 0.422. The lowest BCUT2D eigenvalue weighted by atomic mass is 10.2. The van der Waals surface area contributed by atoms with Crippen molar-refractivity contribution in [2.24, 2.45) is 0 Å². The molecule has 0 spiro atoms. The first kappa shape index (κ1) is 19.0. The van der Waals surface area contributed by atoms with E-state index in [1.54, 1.807) is 6.07 Å². The Morgan fingerprint density at radius 3 is 2.27 bits per heavy atom. The van der Waals surface area contributed by atoms with E-state index in [0.717, 1.165) is 22.9 Å². The van der Waals surface area contributed by atoms with Crippen LogP contribution in [0.15, 0.2) is 84.9 Å². The van der Waals surface area contributed by atoms with Gasteiger partial charge in [0, 0.05) is 17.4 Å². The van der Waals surface area contributed by atoms with Gasteiger partial charge in [0.1, 0.15) is 23.4 Å². The van der Waals surface area contributed by atoms with E-state index in [0.29, 0.717) is 23.0 Å². The summed E-state index contributed by atoms with van der Waals surface area (Å²) in [5.41, 5.74) is 2.89. The molecule has 3 aromatic carbocycles. The molecule has 146 valence electrons. The van der Waals surface area contributed by atoms with Crippen LogP contribution in [0.3, 0.4) is 0 Å². The molecule has 0 aliphatic carbocycles. The van der Waals surface area contributed by atoms with Crippen LogP contribution < -0.4 is 15.4 Å². The Morgan fingerprint density at radius 2 is 1.50 bits per heavy atom. The van der Waals surface area contributed by atoms with Crippen molar-refractivity contribution in [3.63, 3.8) is 0 Å². The number of benzene rings is 3. The molecule has 0 saturated carbocycles. The highest BCUT2D eigenvalue weighted by atomic mass is 16.5. The van der Waals surface area contributed by atoms with Crippen LogP contribution in [-0.4, -0.2) is 9.97 Å². The van der Waals surface area contributed by atoms with Gasteiger partial charge in [-0.3, -0.25) is 0 Å². The van der Waals surface area contributed by atoms with Crippen LogP contribution in [0.1, 0.15) is 11.3 Å². The molecule has 0 bridgehead atoms. The summed E-state index contributed by atoms with van der Waals surface area (Å²) in [4.78, 5) is 8.96. The number of nitriles is 1. The minimum absolute atomic E-state index is 0.462. The number of ether oxygens (including phenoxy) is 1. The Kier molecular flexibility index (Phi) is 5.54. The Hall–Kier alpha value is -4.37. The van der Waals surface area contributed by atoms with Crippen LogP contribution in [0, 0.1) is 18.3 Å². The first-order valence-corrected chi connectivity index (χ1v) is 9.41. The lowest BCUT2D eigenvalue weighted by Crippen LogP contribution is -2.03. The number of rotatable bonds is 6. The second-order valence-corrected chi connectivity index (χ2v) is 6.57. The molecule has 0 amide bonds. The van der Waals surface area contributed by atoms with E-state index < -0.39 is 0 Å². The predicted octanol–water partition coefficient (Wildman–Crippen LogP) is 5.94. The molecule has 0 unspecified atom stereocenters. The number of nitrogens with zero attached hydrogens (tertiary/aromatic N) is 3. The molecule has 2 N–H and O–H groups in total. The van der Waals surface area contributed by atoms with E-state index in [4.69, 9.17) is 4.74 Å². The number of para-hydroxylation sites is 2. The first-order valence-electron chi connectivity index (χ1n) is 9.41. The number of nitrogens with one attached hydrogen (secondary N) is 2. The molecule has 0 aliphatic rings. The summed E-state index contributed by atoms with van der Waals surface area (Å²) in [6.07, 6.45) is 0. The topological polar surface area (TPSA) is 82.9 Å². The normalized spacial score (nSPS) is 10.1. The van der Waals surface area contributed by atoms with Gasteiger partial charge in [-0.25, -0.2) is 4.98 Å². The maximum absolute atomic E-state index is 9.27. The molecule has 6 nitrogen and oxygen atoms in total. The number of anilines is 4. The Balaban J connectivity index is 1.49. The van der Waals surface area contributed by atoms with Crippen molar-refractivity contribution < 1.29 is 4.74 Å². The molecule has 0 saturated heterocycles. The highest BCUT2D eigenvalue weighted by Gasteiger charge is 2.06. The van der Waals surface area contributed by atoms with Gasteiger partial charge in [-0.1, -0.05) is 30.3 Å². The number of hydrogen-bond acceptors (Lipinski definition) is 6. The molecule has 0 fully saturated rings. The average Bonchev–Trinajstić information content (AvgIpc) is 2.76. The minimum atomic E-state index is 0.462. The van der Waals surface area contributed by atoms with Crippen LogP contribution in [-0.2, 0) is 0 Å². The molecule has 30 heavy (non-hydrogen) atoms. The standard InChI is InChI=1S/C24H19N5O/c1-17-15-23(28-22-10-6-5-7-18(22)16-25)29-24(26-17)27-19-11-13-21(14-12-19)30-20-8-3-2-4-9-20/h2-15H,1H3,(H2,26,27,28,29). The minimum Gasteiger partial charge on any atom is -0.457 e. The summed E-state index contributed by atoms with van der Waals surface area (Å²) in [7, 11) is 0. The van der Waals surface area contributed by atoms with Gasteiger partial charge in [0.25, 0.3) is 0 Å².